The molecule has 0 unspecified atom stereocenters. The summed E-state index contributed by atoms with van der Waals surface area (Å²) in [6.45, 7) is 4.64. The van der Waals surface area contributed by atoms with E-state index in [1.807, 2.05) is 6.92 Å². The predicted molar refractivity (Wildman–Crippen MR) is 77.9 cm³/mol. The molecule has 3 N–H and O–H groups in total. The van der Waals surface area contributed by atoms with Crippen LogP contribution in [0, 0.1) is 13.8 Å². The molecular weight excluding hydrogens is 236 g/mol. The molecule has 0 radical (unpaired) electrons. The van der Waals surface area contributed by atoms with Gasteiger partial charge in [-0.2, -0.15) is 5.10 Å². The number of H-pyrrole nitrogens is 1. The minimum absolute atomic E-state index is 0.500. The smallest absolute Gasteiger partial charge is 0.0992 e. The molecular formula is C15H18N4. The number of nitrogens with zero attached hydrogens (tertiary/aromatic N) is 2. The first-order valence-corrected chi connectivity index (χ1v) is 6.43. The Hall–Kier alpha value is -2.07. The first kappa shape index (κ1) is 12.0. The Labute approximate surface area is 112 Å². The van der Waals surface area contributed by atoms with Crippen molar-refractivity contribution in [2.45, 2.75) is 20.4 Å². The van der Waals surface area contributed by atoms with Crippen molar-refractivity contribution in [2.75, 3.05) is 0 Å². The van der Waals surface area contributed by atoms with Crippen LogP contribution in [0.2, 0.25) is 0 Å². The van der Waals surface area contributed by atoms with E-state index in [-0.39, 0.29) is 0 Å². The van der Waals surface area contributed by atoms with Gasteiger partial charge >= 0.3 is 0 Å². The molecule has 0 saturated heterocycles. The highest BCUT2D eigenvalue weighted by Gasteiger charge is 2.19. The molecule has 98 valence electrons. The van der Waals surface area contributed by atoms with Crippen molar-refractivity contribution in [3.05, 3.63) is 41.2 Å². The lowest BCUT2D eigenvalue weighted by atomic mass is 10.0. The second-order valence-corrected chi connectivity index (χ2v) is 4.92. The summed E-state index contributed by atoms with van der Waals surface area (Å²) in [5.74, 6) is 0. The topological polar surface area (TPSA) is 59.6 Å². The van der Waals surface area contributed by atoms with Gasteiger partial charge in [-0.3, -0.25) is 5.10 Å². The second kappa shape index (κ2) is 4.24. The SMILES string of the molecule is Cc1[nH]nc(-c2c(C)n(C)c3ccccc23)c1CN. The Morgan fingerprint density at radius 2 is 2.00 bits per heavy atom. The Balaban J connectivity index is 2.39. The van der Waals surface area contributed by atoms with Gasteiger partial charge < -0.3 is 10.3 Å². The lowest BCUT2D eigenvalue weighted by molar-refractivity contribution is 0.917. The molecule has 0 spiro atoms. The summed E-state index contributed by atoms with van der Waals surface area (Å²) in [5.41, 5.74) is 12.6. The van der Waals surface area contributed by atoms with Crippen LogP contribution in [0.4, 0.5) is 0 Å². The zero-order valence-corrected chi connectivity index (χ0v) is 11.5. The monoisotopic (exact) mass is 254 g/mol. The molecule has 0 aliphatic rings. The minimum Gasteiger partial charge on any atom is -0.347 e. The molecule has 0 aliphatic heterocycles. The number of aryl methyl sites for hydroxylation is 2. The van der Waals surface area contributed by atoms with E-state index < -0.39 is 0 Å². The van der Waals surface area contributed by atoms with Crippen LogP contribution in [0.25, 0.3) is 22.2 Å². The van der Waals surface area contributed by atoms with E-state index in [2.05, 4.69) is 53.0 Å². The molecule has 3 rings (SSSR count). The van der Waals surface area contributed by atoms with Gasteiger partial charge in [0, 0.05) is 47.0 Å². The summed E-state index contributed by atoms with van der Waals surface area (Å²) in [6, 6.07) is 8.40. The Morgan fingerprint density at radius 1 is 1.26 bits per heavy atom. The van der Waals surface area contributed by atoms with E-state index in [9.17, 15) is 0 Å². The second-order valence-electron chi connectivity index (χ2n) is 4.92. The van der Waals surface area contributed by atoms with Crippen LogP contribution in [0.5, 0.6) is 0 Å². The number of aromatic amines is 1. The number of benzene rings is 1. The molecule has 1 aromatic carbocycles. The molecule has 4 heteroatoms. The minimum atomic E-state index is 0.500. The van der Waals surface area contributed by atoms with Gasteiger partial charge in [-0.1, -0.05) is 18.2 Å². The Bertz CT molecular complexity index is 749. The number of aromatic nitrogens is 3. The molecule has 0 fully saturated rings. The maximum atomic E-state index is 5.87. The van der Waals surface area contributed by atoms with Crippen LogP contribution in [-0.4, -0.2) is 14.8 Å². The van der Waals surface area contributed by atoms with Crippen molar-refractivity contribution in [2.24, 2.45) is 12.8 Å². The maximum Gasteiger partial charge on any atom is 0.0992 e. The number of fused-ring (bicyclic) bond motifs is 1. The van der Waals surface area contributed by atoms with E-state index >= 15 is 0 Å². The summed E-state index contributed by atoms with van der Waals surface area (Å²) in [6.07, 6.45) is 0. The van der Waals surface area contributed by atoms with E-state index in [0.717, 1.165) is 17.0 Å². The van der Waals surface area contributed by atoms with Gasteiger partial charge in [0.15, 0.2) is 0 Å². The highest BCUT2D eigenvalue weighted by atomic mass is 15.1. The van der Waals surface area contributed by atoms with Gasteiger partial charge in [0.05, 0.1) is 5.69 Å². The third-order valence-corrected chi connectivity index (χ3v) is 3.91. The lowest BCUT2D eigenvalue weighted by Gasteiger charge is -2.02. The summed E-state index contributed by atoms with van der Waals surface area (Å²) < 4.78 is 2.20. The number of hydrogen-bond acceptors (Lipinski definition) is 2. The predicted octanol–water partition coefficient (Wildman–Crippen LogP) is 2.64. The normalized spacial score (nSPS) is 11.4. The highest BCUT2D eigenvalue weighted by Crippen LogP contribution is 2.35. The molecule has 0 amide bonds. The summed E-state index contributed by atoms with van der Waals surface area (Å²) in [5, 5.41) is 8.74. The summed E-state index contributed by atoms with van der Waals surface area (Å²) in [4.78, 5) is 0. The van der Waals surface area contributed by atoms with Gasteiger partial charge in [-0.05, 0) is 19.9 Å². The first-order valence-electron chi connectivity index (χ1n) is 6.43. The standard InChI is InChI=1S/C15H18N4/c1-9-12(8-16)15(18-17-9)14-10(2)19(3)13-7-5-4-6-11(13)14/h4-7H,8,16H2,1-3H3,(H,17,18). The van der Waals surface area contributed by atoms with Crippen molar-refractivity contribution >= 4 is 10.9 Å². The van der Waals surface area contributed by atoms with Crippen molar-refractivity contribution in [1.82, 2.24) is 14.8 Å². The average molecular weight is 254 g/mol. The Morgan fingerprint density at radius 3 is 2.74 bits per heavy atom. The van der Waals surface area contributed by atoms with Crippen LogP contribution >= 0.6 is 0 Å². The zero-order chi connectivity index (χ0) is 13.6. The van der Waals surface area contributed by atoms with E-state index in [4.69, 9.17) is 5.73 Å². The highest BCUT2D eigenvalue weighted by molar-refractivity contribution is 5.97. The van der Waals surface area contributed by atoms with E-state index in [1.54, 1.807) is 0 Å². The van der Waals surface area contributed by atoms with Gasteiger partial charge in [0.25, 0.3) is 0 Å². The van der Waals surface area contributed by atoms with Crippen molar-refractivity contribution in [3.8, 4) is 11.3 Å². The van der Waals surface area contributed by atoms with Gasteiger partial charge in [-0.25, -0.2) is 0 Å². The van der Waals surface area contributed by atoms with E-state index in [1.165, 1.54) is 22.2 Å². The fourth-order valence-corrected chi connectivity index (χ4v) is 2.73. The number of para-hydroxylation sites is 1. The molecule has 2 heterocycles. The summed E-state index contributed by atoms with van der Waals surface area (Å²) >= 11 is 0. The summed E-state index contributed by atoms with van der Waals surface area (Å²) in [7, 11) is 2.09. The van der Waals surface area contributed by atoms with Crippen molar-refractivity contribution < 1.29 is 0 Å². The van der Waals surface area contributed by atoms with Crippen molar-refractivity contribution in [3.63, 3.8) is 0 Å². The molecule has 4 nitrogen and oxygen atoms in total. The average Bonchev–Trinajstić information content (AvgIpc) is 2.90. The van der Waals surface area contributed by atoms with Gasteiger partial charge in [0.1, 0.15) is 0 Å². The molecule has 0 bridgehead atoms. The molecule has 0 aliphatic carbocycles. The fourth-order valence-electron chi connectivity index (χ4n) is 2.73. The van der Waals surface area contributed by atoms with Crippen molar-refractivity contribution in [1.29, 1.82) is 0 Å². The number of hydrogen-bond donors (Lipinski definition) is 2. The first-order chi connectivity index (χ1) is 9.15. The van der Waals surface area contributed by atoms with Gasteiger partial charge in [0.2, 0.25) is 0 Å². The lowest BCUT2D eigenvalue weighted by Crippen LogP contribution is -1.99. The number of nitrogens with one attached hydrogen (secondary N) is 1. The van der Waals surface area contributed by atoms with Crippen LogP contribution in [0.1, 0.15) is 17.0 Å². The molecule has 19 heavy (non-hydrogen) atoms. The third-order valence-electron chi connectivity index (χ3n) is 3.91. The van der Waals surface area contributed by atoms with E-state index in [0.29, 0.717) is 6.54 Å². The maximum absolute atomic E-state index is 5.87. The molecule has 3 aromatic rings. The quantitative estimate of drug-likeness (QED) is 0.738. The fraction of sp³-hybridized carbons (Fsp3) is 0.267. The number of rotatable bonds is 2. The van der Waals surface area contributed by atoms with Crippen LogP contribution < -0.4 is 5.73 Å². The largest absolute Gasteiger partial charge is 0.347 e. The third kappa shape index (κ3) is 1.60. The Kier molecular flexibility index (Phi) is 2.68. The van der Waals surface area contributed by atoms with Crippen LogP contribution in [-0.2, 0) is 13.6 Å². The zero-order valence-electron chi connectivity index (χ0n) is 11.5. The van der Waals surface area contributed by atoms with Gasteiger partial charge in [-0.15, -0.1) is 0 Å². The molecule has 0 saturated carbocycles. The molecule has 2 aromatic heterocycles. The molecule has 0 atom stereocenters. The number of nitrogens with two attached hydrogens (primary N) is 1. The van der Waals surface area contributed by atoms with Crippen LogP contribution in [0.15, 0.2) is 24.3 Å². The van der Waals surface area contributed by atoms with Crippen LogP contribution in [0.3, 0.4) is 0 Å².